The molecule has 0 fully saturated rings. The van der Waals surface area contributed by atoms with E-state index >= 15 is 0 Å². The first-order valence-corrected chi connectivity index (χ1v) is 8.10. The zero-order chi connectivity index (χ0) is 14.1. The van der Waals surface area contributed by atoms with E-state index in [-0.39, 0.29) is 5.91 Å². The molecule has 1 aliphatic rings. The van der Waals surface area contributed by atoms with E-state index in [9.17, 15) is 4.79 Å². The Morgan fingerprint density at radius 2 is 2.35 bits per heavy atom. The number of fused-ring (bicyclic) bond motifs is 3. The maximum Gasteiger partial charge on any atom is 0.216 e. The maximum absolute atomic E-state index is 10.9. The molecule has 20 heavy (non-hydrogen) atoms. The van der Waals surface area contributed by atoms with Gasteiger partial charge in [-0.15, -0.1) is 11.3 Å². The Hall–Kier alpha value is -1.42. The van der Waals surface area contributed by atoms with Crippen molar-refractivity contribution in [2.45, 2.75) is 45.4 Å². The number of nitrogens with zero attached hydrogens (tertiary/aromatic N) is 1. The van der Waals surface area contributed by atoms with E-state index in [1.54, 1.807) is 6.92 Å². The number of hydrogen-bond acceptors (Lipinski definition) is 3. The molecule has 4 heteroatoms. The fraction of sp³-hybridized carbons (Fsp3) is 0.500. The molecule has 0 saturated heterocycles. The predicted octanol–water partition coefficient (Wildman–Crippen LogP) is 3.55. The van der Waals surface area contributed by atoms with Crippen molar-refractivity contribution in [3.63, 3.8) is 0 Å². The Labute approximate surface area is 123 Å². The molecule has 0 aliphatic heterocycles. The van der Waals surface area contributed by atoms with Crippen LogP contribution in [-0.2, 0) is 11.2 Å². The predicted molar refractivity (Wildman–Crippen MR) is 83.3 cm³/mol. The van der Waals surface area contributed by atoms with Crippen LogP contribution in [0.25, 0.3) is 10.2 Å². The zero-order valence-corrected chi connectivity index (χ0v) is 12.8. The zero-order valence-electron chi connectivity index (χ0n) is 12.0. The Morgan fingerprint density at radius 3 is 3.15 bits per heavy atom. The van der Waals surface area contributed by atoms with Crippen molar-refractivity contribution in [3.05, 3.63) is 28.3 Å². The van der Waals surface area contributed by atoms with Crippen LogP contribution < -0.4 is 5.32 Å². The highest BCUT2D eigenvalue weighted by molar-refractivity contribution is 7.18. The quantitative estimate of drug-likeness (QED) is 0.874. The Morgan fingerprint density at radius 1 is 1.50 bits per heavy atom. The third-order valence-electron chi connectivity index (χ3n) is 4.07. The molecule has 3 nitrogen and oxygen atoms in total. The van der Waals surface area contributed by atoms with Gasteiger partial charge in [-0.05, 0) is 55.7 Å². The summed E-state index contributed by atoms with van der Waals surface area (Å²) < 4.78 is 1.39. The molecule has 1 amide bonds. The lowest BCUT2D eigenvalue weighted by atomic mass is 9.96. The SMILES string of the molecule is CC(=O)NCCCC1CCc2ccc3nc(C)sc3c21. The van der Waals surface area contributed by atoms with Crippen LogP contribution in [0.4, 0.5) is 0 Å². The van der Waals surface area contributed by atoms with Crippen molar-refractivity contribution < 1.29 is 4.79 Å². The maximum atomic E-state index is 10.9. The van der Waals surface area contributed by atoms with Crippen LogP contribution in [0, 0.1) is 6.92 Å². The van der Waals surface area contributed by atoms with Gasteiger partial charge in [0, 0.05) is 13.5 Å². The van der Waals surface area contributed by atoms with Crippen molar-refractivity contribution in [1.82, 2.24) is 10.3 Å². The Bertz CT molecular complexity index is 647. The number of hydrogen-bond donors (Lipinski definition) is 1. The molecule has 1 aliphatic carbocycles. The highest BCUT2D eigenvalue weighted by atomic mass is 32.1. The monoisotopic (exact) mass is 288 g/mol. The van der Waals surface area contributed by atoms with Gasteiger partial charge in [-0.1, -0.05) is 6.07 Å². The van der Waals surface area contributed by atoms with Crippen LogP contribution in [0.3, 0.4) is 0 Å². The summed E-state index contributed by atoms with van der Waals surface area (Å²) in [6.45, 7) is 4.45. The van der Waals surface area contributed by atoms with Crippen molar-refractivity contribution in [1.29, 1.82) is 0 Å². The molecule has 106 valence electrons. The van der Waals surface area contributed by atoms with Crippen molar-refractivity contribution in [2.24, 2.45) is 0 Å². The summed E-state index contributed by atoms with van der Waals surface area (Å²) in [6.07, 6.45) is 4.64. The molecule has 2 aromatic rings. The van der Waals surface area contributed by atoms with E-state index in [0.29, 0.717) is 5.92 Å². The second-order valence-electron chi connectivity index (χ2n) is 5.58. The second-order valence-corrected chi connectivity index (χ2v) is 6.78. The Kier molecular flexibility index (Phi) is 3.74. The average Bonchev–Trinajstić information content (AvgIpc) is 2.96. The van der Waals surface area contributed by atoms with Gasteiger partial charge in [0.25, 0.3) is 0 Å². The summed E-state index contributed by atoms with van der Waals surface area (Å²) in [5, 5.41) is 4.04. The number of nitrogens with one attached hydrogen (secondary N) is 1. The topological polar surface area (TPSA) is 42.0 Å². The van der Waals surface area contributed by atoms with Gasteiger partial charge in [0.15, 0.2) is 0 Å². The molecule has 1 aromatic carbocycles. The van der Waals surface area contributed by atoms with Gasteiger partial charge in [-0.2, -0.15) is 0 Å². The van der Waals surface area contributed by atoms with Crippen LogP contribution in [0.1, 0.15) is 48.2 Å². The largest absolute Gasteiger partial charge is 0.356 e. The van der Waals surface area contributed by atoms with E-state index < -0.39 is 0 Å². The standard InChI is InChI=1S/C16H20N2OS/c1-10(19)17-9-3-4-12-5-6-13-7-8-14-16(15(12)13)20-11(2)18-14/h7-8,12H,3-6,9H2,1-2H3,(H,17,19). The summed E-state index contributed by atoms with van der Waals surface area (Å²) in [4.78, 5) is 15.5. The molecule has 1 N–H and O–H groups in total. The molecule has 3 rings (SSSR count). The number of amides is 1. The third-order valence-corrected chi connectivity index (χ3v) is 5.09. The first kappa shape index (κ1) is 13.6. The minimum Gasteiger partial charge on any atom is -0.356 e. The lowest BCUT2D eigenvalue weighted by Crippen LogP contribution is -2.21. The fourth-order valence-electron chi connectivity index (χ4n) is 3.21. The molecule has 0 bridgehead atoms. The second kappa shape index (κ2) is 5.52. The minimum absolute atomic E-state index is 0.0669. The van der Waals surface area contributed by atoms with Crippen LogP contribution in [0.15, 0.2) is 12.1 Å². The van der Waals surface area contributed by atoms with Crippen LogP contribution in [0.2, 0.25) is 0 Å². The number of carbonyl (C=O) groups is 1. The highest BCUT2D eigenvalue weighted by Crippen LogP contribution is 2.42. The van der Waals surface area contributed by atoms with E-state index in [4.69, 9.17) is 0 Å². The molecule has 1 heterocycles. The van der Waals surface area contributed by atoms with Crippen LogP contribution in [-0.4, -0.2) is 17.4 Å². The lowest BCUT2D eigenvalue weighted by Gasteiger charge is -2.12. The first-order valence-electron chi connectivity index (χ1n) is 7.28. The normalized spacial score (nSPS) is 17.4. The number of aryl methyl sites for hydroxylation is 2. The molecule has 0 saturated carbocycles. The van der Waals surface area contributed by atoms with Crippen molar-refractivity contribution >= 4 is 27.5 Å². The highest BCUT2D eigenvalue weighted by Gasteiger charge is 2.25. The van der Waals surface area contributed by atoms with Crippen LogP contribution >= 0.6 is 11.3 Å². The fourth-order valence-corrected chi connectivity index (χ4v) is 4.27. The number of benzene rings is 1. The van der Waals surface area contributed by atoms with Crippen molar-refractivity contribution in [2.75, 3.05) is 6.54 Å². The van der Waals surface area contributed by atoms with E-state index in [0.717, 1.165) is 29.9 Å². The van der Waals surface area contributed by atoms with Gasteiger partial charge in [0.2, 0.25) is 5.91 Å². The van der Waals surface area contributed by atoms with Gasteiger partial charge >= 0.3 is 0 Å². The summed E-state index contributed by atoms with van der Waals surface area (Å²) in [7, 11) is 0. The molecule has 0 spiro atoms. The van der Waals surface area contributed by atoms with Crippen molar-refractivity contribution in [3.8, 4) is 0 Å². The first-order chi connectivity index (χ1) is 9.65. The number of aromatic nitrogens is 1. The summed E-state index contributed by atoms with van der Waals surface area (Å²) in [5.41, 5.74) is 4.20. The lowest BCUT2D eigenvalue weighted by molar-refractivity contribution is -0.118. The molecule has 1 atom stereocenters. The summed E-state index contributed by atoms with van der Waals surface area (Å²) in [6, 6.07) is 4.42. The average molecular weight is 288 g/mol. The smallest absolute Gasteiger partial charge is 0.216 e. The molecule has 0 radical (unpaired) electrons. The van der Waals surface area contributed by atoms with Gasteiger partial charge in [-0.3, -0.25) is 4.79 Å². The molecular formula is C16H20N2OS. The molecular weight excluding hydrogens is 268 g/mol. The van der Waals surface area contributed by atoms with Gasteiger partial charge in [0.05, 0.1) is 15.2 Å². The number of rotatable bonds is 4. The Balaban J connectivity index is 1.78. The van der Waals surface area contributed by atoms with Gasteiger partial charge in [0.1, 0.15) is 0 Å². The van der Waals surface area contributed by atoms with E-state index in [1.165, 1.54) is 28.7 Å². The van der Waals surface area contributed by atoms with E-state index in [1.807, 2.05) is 11.3 Å². The molecule has 1 aromatic heterocycles. The summed E-state index contributed by atoms with van der Waals surface area (Å²) >= 11 is 1.82. The summed E-state index contributed by atoms with van der Waals surface area (Å²) in [5.74, 6) is 0.708. The number of carbonyl (C=O) groups excluding carboxylic acids is 1. The molecule has 1 unspecified atom stereocenters. The van der Waals surface area contributed by atoms with E-state index in [2.05, 4.69) is 29.4 Å². The van der Waals surface area contributed by atoms with Crippen LogP contribution in [0.5, 0.6) is 0 Å². The van der Waals surface area contributed by atoms with Gasteiger partial charge < -0.3 is 5.32 Å². The number of thiazole rings is 1. The van der Waals surface area contributed by atoms with Gasteiger partial charge in [-0.25, -0.2) is 4.98 Å². The minimum atomic E-state index is 0.0669. The third kappa shape index (κ3) is 2.57.